The normalized spacial score (nSPS) is 20.9. The maximum Gasteiger partial charge on any atom is 0.238 e. The standard InChI is InChI=1S/C10H9BrN2O2S/c11-6-1-3-7(4-2-6)13-9(15)5-8(14)12-10(13)16/h1-4,10,16H,5H2,(H,12,14). The predicted octanol–water partition coefficient (Wildman–Crippen LogP) is 1.52. The summed E-state index contributed by atoms with van der Waals surface area (Å²) in [6, 6.07) is 7.25. The molecule has 1 aliphatic heterocycles. The van der Waals surface area contributed by atoms with Gasteiger partial charge in [0.05, 0.1) is 0 Å². The van der Waals surface area contributed by atoms with Crippen molar-refractivity contribution in [1.29, 1.82) is 0 Å². The molecule has 1 saturated heterocycles. The molecule has 0 radical (unpaired) electrons. The van der Waals surface area contributed by atoms with Crippen molar-refractivity contribution in [3.05, 3.63) is 28.7 Å². The second kappa shape index (κ2) is 4.47. The first kappa shape index (κ1) is 11.5. The van der Waals surface area contributed by atoms with Crippen LogP contribution in [0, 0.1) is 0 Å². The first-order chi connectivity index (χ1) is 7.58. The van der Waals surface area contributed by atoms with Crippen molar-refractivity contribution >= 4 is 46.1 Å². The molecule has 2 amide bonds. The SMILES string of the molecule is O=C1CC(=O)N(c2ccc(Br)cc2)C(S)N1. The highest BCUT2D eigenvalue weighted by Gasteiger charge is 2.30. The zero-order chi connectivity index (χ0) is 11.7. The van der Waals surface area contributed by atoms with Crippen LogP contribution in [-0.4, -0.2) is 17.3 Å². The highest BCUT2D eigenvalue weighted by molar-refractivity contribution is 9.10. The lowest BCUT2D eigenvalue weighted by atomic mass is 10.2. The zero-order valence-electron chi connectivity index (χ0n) is 8.18. The minimum atomic E-state index is -0.602. The monoisotopic (exact) mass is 300 g/mol. The molecule has 1 atom stereocenters. The van der Waals surface area contributed by atoms with E-state index < -0.39 is 5.50 Å². The lowest BCUT2D eigenvalue weighted by molar-refractivity contribution is -0.130. The van der Waals surface area contributed by atoms with E-state index in [1.807, 2.05) is 12.1 Å². The van der Waals surface area contributed by atoms with Crippen molar-refractivity contribution in [3.63, 3.8) is 0 Å². The first-order valence-electron chi connectivity index (χ1n) is 4.63. The lowest BCUT2D eigenvalue weighted by Crippen LogP contribution is -2.54. The molecule has 1 fully saturated rings. The van der Waals surface area contributed by atoms with Crippen molar-refractivity contribution < 1.29 is 9.59 Å². The summed E-state index contributed by atoms with van der Waals surface area (Å²) in [6.07, 6.45) is -0.132. The molecule has 0 saturated carbocycles. The largest absolute Gasteiger partial charge is 0.327 e. The number of rotatable bonds is 1. The van der Waals surface area contributed by atoms with Crippen molar-refractivity contribution in [3.8, 4) is 0 Å². The van der Waals surface area contributed by atoms with Gasteiger partial charge in [0.1, 0.15) is 6.42 Å². The average molecular weight is 301 g/mol. The summed E-state index contributed by atoms with van der Waals surface area (Å²) < 4.78 is 0.931. The van der Waals surface area contributed by atoms with Gasteiger partial charge in [-0.15, -0.1) is 12.6 Å². The number of nitrogens with zero attached hydrogens (tertiary/aromatic N) is 1. The van der Waals surface area contributed by atoms with E-state index in [1.165, 1.54) is 4.90 Å². The van der Waals surface area contributed by atoms with Gasteiger partial charge in [-0.25, -0.2) is 0 Å². The molecule has 1 unspecified atom stereocenters. The van der Waals surface area contributed by atoms with Crippen LogP contribution in [0.5, 0.6) is 0 Å². The Balaban J connectivity index is 2.29. The number of benzene rings is 1. The molecule has 16 heavy (non-hydrogen) atoms. The molecular weight excluding hydrogens is 292 g/mol. The number of nitrogens with one attached hydrogen (secondary N) is 1. The predicted molar refractivity (Wildman–Crippen MR) is 67.2 cm³/mol. The molecule has 84 valence electrons. The van der Waals surface area contributed by atoms with Gasteiger partial charge in [-0.3, -0.25) is 14.5 Å². The third-order valence-electron chi connectivity index (χ3n) is 2.22. The van der Waals surface area contributed by atoms with Gasteiger partial charge in [0.2, 0.25) is 11.8 Å². The van der Waals surface area contributed by atoms with Gasteiger partial charge in [-0.2, -0.15) is 0 Å². The number of amides is 2. The number of hydrogen-bond donors (Lipinski definition) is 2. The third kappa shape index (κ3) is 2.22. The highest BCUT2D eigenvalue weighted by atomic mass is 79.9. The summed E-state index contributed by atoms with van der Waals surface area (Å²) in [4.78, 5) is 24.3. The van der Waals surface area contributed by atoms with E-state index in [9.17, 15) is 9.59 Å². The van der Waals surface area contributed by atoms with Gasteiger partial charge >= 0.3 is 0 Å². The molecular formula is C10H9BrN2O2S. The molecule has 6 heteroatoms. The highest BCUT2D eigenvalue weighted by Crippen LogP contribution is 2.23. The topological polar surface area (TPSA) is 49.4 Å². The number of thiol groups is 1. The van der Waals surface area contributed by atoms with Crippen LogP contribution in [0.4, 0.5) is 5.69 Å². The zero-order valence-corrected chi connectivity index (χ0v) is 10.7. The van der Waals surface area contributed by atoms with Crippen LogP contribution in [0.15, 0.2) is 28.7 Å². The van der Waals surface area contributed by atoms with E-state index in [0.29, 0.717) is 5.69 Å². The third-order valence-corrected chi connectivity index (χ3v) is 3.11. The van der Waals surface area contributed by atoms with E-state index in [2.05, 4.69) is 33.9 Å². The molecule has 1 aromatic rings. The van der Waals surface area contributed by atoms with Crippen LogP contribution in [0.3, 0.4) is 0 Å². The van der Waals surface area contributed by atoms with Crippen LogP contribution >= 0.6 is 28.6 Å². The van der Waals surface area contributed by atoms with Crippen LogP contribution in [0.2, 0.25) is 0 Å². The van der Waals surface area contributed by atoms with Gasteiger partial charge in [0.15, 0.2) is 5.50 Å². The maximum atomic E-state index is 11.7. The quantitative estimate of drug-likeness (QED) is 0.610. The molecule has 0 spiro atoms. The van der Waals surface area contributed by atoms with Gasteiger partial charge in [0.25, 0.3) is 0 Å². The van der Waals surface area contributed by atoms with E-state index in [-0.39, 0.29) is 18.2 Å². The fourth-order valence-corrected chi connectivity index (χ4v) is 2.18. The molecule has 4 nitrogen and oxygen atoms in total. The van der Waals surface area contributed by atoms with Crippen LogP contribution in [0.25, 0.3) is 0 Å². The number of anilines is 1. The summed E-state index contributed by atoms with van der Waals surface area (Å²) >= 11 is 7.49. The molecule has 1 aliphatic rings. The van der Waals surface area contributed by atoms with E-state index in [0.717, 1.165) is 4.47 Å². The minimum Gasteiger partial charge on any atom is -0.327 e. The average Bonchev–Trinajstić information content (AvgIpc) is 2.19. The molecule has 2 rings (SSSR count). The smallest absolute Gasteiger partial charge is 0.238 e. The minimum absolute atomic E-state index is 0.132. The second-order valence-corrected chi connectivity index (χ2v) is 4.76. The fraction of sp³-hybridized carbons (Fsp3) is 0.200. The molecule has 1 heterocycles. The van der Waals surface area contributed by atoms with Crippen LogP contribution in [-0.2, 0) is 9.59 Å². The molecule has 1 aromatic carbocycles. The van der Waals surface area contributed by atoms with Crippen molar-refractivity contribution in [1.82, 2.24) is 5.32 Å². The summed E-state index contributed by atoms with van der Waals surface area (Å²) in [5.74, 6) is -0.538. The van der Waals surface area contributed by atoms with E-state index in [4.69, 9.17) is 0 Å². The number of halogens is 1. The van der Waals surface area contributed by atoms with Gasteiger partial charge in [-0.1, -0.05) is 15.9 Å². The Morgan fingerprint density at radius 2 is 1.94 bits per heavy atom. The molecule has 0 aliphatic carbocycles. The summed E-state index contributed by atoms with van der Waals surface area (Å²) in [5.41, 5.74) is 0.114. The Labute approximate surface area is 107 Å². The Morgan fingerprint density at radius 3 is 2.50 bits per heavy atom. The van der Waals surface area contributed by atoms with Crippen LogP contribution in [0.1, 0.15) is 6.42 Å². The van der Waals surface area contributed by atoms with Crippen molar-refractivity contribution in [2.75, 3.05) is 4.90 Å². The number of carbonyl (C=O) groups is 2. The summed E-state index contributed by atoms with van der Waals surface area (Å²) in [5, 5.41) is 2.59. The molecule has 0 aromatic heterocycles. The molecule has 1 N–H and O–H groups in total. The summed E-state index contributed by atoms with van der Waals surface area (Å²) in [6.45, 7) is 0. The van der Waals surface area contributed by atoms with Gasteiger partial charge < -0.3 is 5.32 Å². The Kier molecular flexibility index (Phi) is 3.20. The Bertz CT molecular complexity index is 435. The molecule has 0 bridgehead atoms. The number of hydrogen-bond acceptors (Lipinski definition) is 3. The van der Waals surface area contributed by atoms with E-state index in [1.54, 1.807) is 12.1 Å². The fourth-order valence-electron chi connectivity index (χ4n) is 1.51. The van der Waals surface area contributed by atoms with Crippen molar-refractivity contribution in [2.45, 2.75) is 11.9 Å². The summed E-state index contributed by atoms with van der Waals surface area (Å²) in [7, 11) is 0. The van der Waals surface area contributed by atoms with Gasteiger partial charge in [0, 0.05) is 10.2 Å². The van der Waals surface area contributed by atoms with E-state index >= 15 is 0 Å². The van der Waals surface area contributed by atoms with Crippen molar-refractivity contribution in [2.24, 2.45) is 0 Å². The first-order valence-corrected chi connectivity index (χ1v) is 5.94. The Hall–Kier alpha value is -1.01. The second-order valence-electron chi connectivity index (χ2n) is 3.36. The van der Waals surface area contributed by atoms with Gasteiger partial charge in [-0.05, 0) is 24.3 Å². The Morgan fingerprint density at radius 1 is 1.31 bits per heavy atom. The van der Waals surface area contributed by atoms with Crippen LogP contribution < -0.4 is 10.2 Å². The number of carbonyl (C=O) groups excluding carboxylic acids is 2. The maximum absolute atomic E-state index is 11.7. The lowest BCUT2D eigenvalue weighted by Gasteiger charge is -2.32.